The van der Waals surface area contributed by atoms with Gasteiger partial charge < -0.3 is 0 Å². The fourth-order valence-electron chi connectivity index (χ4n) is 3.32. The van der Waals surface area contributed by atoms with Crippen molar-refractivity contribution >= 4 is 33.5 Å². The highest BCUT2D eigenvalue weighted by molar-refractivity contribution is 6.30. The summed E-state index contributed by atoms with van der Waals surface area (Å²) in [5.74, 6) is 0. The molecular weight excluding hydrogens is 342 g/mol. The first-order valence-electron chi connectivity index (χ1n) is 8.38. The van der Waals surface area contributed by atoms with E-state index in [9.17, 15) is 0 Å². The smallest absolute Gasteiger partial charge is 0.116 e. The Morgan fingerprint density at radius 1 is 0.769 bits per heavy atom. The van der Waals surface area contributed by atoms with Crippen LogP contribution in [0.15, 0.2) is 85.2 Å². The van der Waals surface area contributed by atoms with Gasteiger partial charge in [0.2, 0.25) is 0 Å². The minimum absolute atomic E-state index is 0.717. The van der Waals surface area contributed by atoms with E-state index in [1.807, 2.05) is 67.0 Å². The molecule has 0 radical (unpaired) electrons. The molecule has 0 saturated heterocycles. The summed E-state index contributed by atoms with van der Waals surface area (Å²) < 4.78 is 2.10. The van der Waals surface area contributed by atoms with Crippen molar-refractivity contribution in [3.05, 3.63) is 90.2 Å². The number of fused-ring (bicyclic) bond motifs is 3. The fraction of sp³-hybridized carbons (Fsp3) is 0. The van der Waals surface area contributed by atoms with Crippen LogP contribution in [0.25, 0.3) is 38.9 Å². The molecule has 2 heterocycles. The second kappa shape index (κ2) is 5.97. The van der Waals surface area contributed by atoms with Crippen LogP contribution in [-0.2, 0) is 0 Å². The van der Waals surface area contributed by atoms with Crippen molar-refractivity contribution in [2.24, 2.45) is 0 Å². The van der Waals surface area contributed by atoms with Gasteiger partial charge in [-0.05, 0) is 30.3 Å². The van der Waals surface area contributed by atoms with Crippen LogP contribution < -0.4 is 0 Å². The molecule has 0 aliphatic carbocycles. The zero-order valence-corrected chi connectivity index (χ0v) is 14.6. The molecule has 0 unspecified atom stereocenters. The first kappa shape index (κ1) is 15.1. The molecule has 3 aromatic carbocycles. The minimum atomic E-state index is 0.717. The van der Waals surface area contributed by atoms with Crippen LogP contribution in [-0.4, -0.2) is 14.5 Å². The van der Waals surface area contributed by atoms with Crippen molar-refractivity contribution < 1.29 is 0 Å². The van der Waals surface area contributed by atoms with Crippen LogP contribution in [0.1, 0.15) is 0 Å². The normalized spacial score (nSPS) is 11.3. The lowest BCUT2D eigenvalue weighted by Gasteiger charge is -2.09. The third kappa shape index (κ3) is 2.37. The lowest BCUT2D eigenvalue weighted by Crippen LogP contribution is -1.94. The molecule has 0 aliphatic heterocycles. The molecule has 0 atom stereocenters. The Kier molecular flexibility index (Phi) is 3.47. The van der Waals surface area contributed by atoms with E-state index in [0.29, 0.717) is 0 Å². The van der Waals surface area contributed by atoms with Crippen LogP contribution >= 0.6 is 11.6 Å². The third-order valence-electron chi connectivity index (χ3n) is 4.54. The summed E-state index contributed by atoms with van der Waals surface area (Å²) in [5, 5.41) is 1.80. The predicted molar refractivity (Wildman–Crippen MR) is 107 cm³/mol. The van der Waals surface area contributed by atoms with Gasteiger partial charge in [-0.3, -0.25) is 4.57 Å². The predicted octanol–water partition coefficient (Wildman–Crippen LogP) is 5.89. The summed E-state index contributed by atoms with van der Waals surface area (Å²) in [7, 11) is 0. The van der Waals surface area contributed by atoms with Crippen LogP contribution in [0.3, 0.4) is 0 Å². The maximum absolute atomic E-state index is 6.06. The van der Waals surface area contributed by atoms with E-state index in [1.165, 1.54) is 0 Å². The Labute approximate surface area is 155 Å². The van der Waals surface area contributed by atoms with Crippen LogP contribution in [0.5, 0.6) is 0 Å². The van der Waals surface area contributed by atoms with Crippen molar-refractivity contribution in [3.8, 4) is 16.9 Å². The molecule has 0 bridgehead atoms. The molecule has 5 rings (SSSR count). The van der Waals surface area contributed by atoms with Gasteiger partial charge in [-0.25, -0.2) is 9.97 Å². The highest BCUT2D eigenvalue weighted by Crippen LogP contribution is 2.33. The SMILES string of the molecule is Clc1ccc(-n2cnc3c(-c4ccccc4)nc4ccccc4c32)cc1. The van der Waals surface area contributed by atoms with Gasteiger partial charge in [-0.1, -0.05) is 60.1 Å². The van der Waals surface area contributed by atoms with E-state index >= 15 is 0 Å². The number of benzene rings is 3. The Morgan fingerprint density at radius 3 is 2.31 bits per heavy atom. The van der Waals surface area contributed by atoms with Gasteiger partial charge in [0.25, 0.3) is 0 Å². The largest absolute Gasteiger partial charge is 0.298 e. The Bertz CT molecular complexity index is 1230. The van der Waals surface area contributed by atoms with Crippen molar-refractivity contribution in [3.63, 3.8) is 0 Å². The number of imidazole rings is 1. The molecule has 0 fully saturated rings. The number of hydrogen-bond donors (Lipinski definition) is 0. The summed E-state index contributed by atoms with van der Waals surface area (Å²) in [6, 6.07) is 26.2. The van der Waals surface area contributed by atoms with Gasteiger partial charge in [-0.2, -0.15) is 0 Å². The van der Waals surface area contributed by atoms with Gasteiger partial charge in [0.15, 0.2) is 0 Å². The number of rotatable bonds is 2. The average molecular weight is 356 g/mol. The van der Waals surface area contributed by atoms with E-state index in [1.54, 1.807) is 0 Å². The second-order valence-corrected chi connectivity index (χ2v) is 6.57. The molecule has 4 heteroatoms. The Morgan fingerprint density at radius 2 is 1.50 bits per heavy atom. The van der Waals surface area contributed by atoms with E-state index < -0.39 is 0 Å². The highest BCUT2D eigenvalue weighted by atomic mass is 35.5. The van der Waals surface area contributed by atoms with Crippen LogP contribution in [0.4, 0.5) is 0 Å². The average Bonchev–Trinajstić information content (AvgIpc) is 3.14. The summed E-state index contributed by atoms with van der Waals surface area (Å²) >= 11 is 6.06. The van der Waals surface area contributed by atoms with Crippen LogP contribution in [0.2, 0.25) is 5.02 Å². The summed E-state index contributed by atoms with van der Waals surface area (Å²) in [6.07, 6.45) is 1.86. The Balaban J connectivity index is 1.90. The molecule has 26 heavy (non-hydrogen) atoms. The van der Waals surface area contributed by atoms with E-state index in [-0.39, 0.29) is 0 Å². The lowest BCUT2D eigenvalue weighted by molar-refractivity contribution is 1.10. The maximum atomic E-state index is 6.06. The minimum Gasteiger partial charge on any atom is -0.298 e. The zero-order chi connectivity index (χ0) is 17.5. The number of para-hydroxylation sites is 1. The third-order valence-corrected chi connectivity index (χ3v) is 4.79. The maximum Gasteiger partial charge on any atom is 0.116 e. The zero-order valence-electron chi connectivity index (χ0n) is 13.8. The molecule has 2 aromatic heterocycles. The van der Waals surface area contributed by atoms with E-state index in [4.69, 9.17) is 21.6 Å². The molecule has 0 aliphatic rings. The standard InChI is InChI=1S/C22H14ClN3/c23-16-10-12-17(13-11-16)26-14-24-21-20(15-6-2-1-3-7-15)25-19-9-5-4-8-18(19)22(21)26/h1-14H. The lowest BCUT2D eigenvalue weighted by atomic mass is 10.1. The molecule has 3 nitrogen and oxygen atoms in total. The van der Waals surface area contributed by atoms with Gasteiger partial charge >= 0.3 is 0 Å². The summed E-state index contributed by atoms with van der Waals surface area (Å²) in [4.78, 5) is 9.61. The summed E-state index contributed by atoms with van der Waals surface area (Å²) in [6.45, 7) is 0. The van der Waals surface area contributed by atoms with Crippen molar-refractivity contribution in [1.82, 2.24) is 14.5 Å². The molecule has 0 amide bonds. The van der Waals surface area contributed by atoms with Gasteiger partial charge in [-0.15, -0.1) is 0 Å². The van der Waals surface area contributed by atoms with E-state index in [2.05, 4.69) is 22.8 Å². The first-order chi connectivity index (χ1) is 12.8. The van der Waals surface area contributed by atoms with Gasteiger partial charge in [0.05, 0.1) is 16.7 Å². The highest BCUT2D eigenvalue weighted by Gasteiger charge is 2.15. The second-order valence-electron chi connectivity index (χ2n) is 6.13. The number of pyridine rings is 1. The number of halogens is 1. The monoisotopic (exact) mass is 355 g/mol. The Hall–Kier alpha value is -3.17. The quantitative estimate of drug-likeness (QED) is 0.395. The van der Waals surface area contributed by atoms with Crippen molar-refractivity contribution in [1.29, 1.82) is 0 Å². The van der Waals surface area contributed by atoms with Crippen molar-refractivity contribution in [2.45, 2.75) is 0 Å². The number of aromatic nitrogens is 3. The van der Waals surface area contributed by atoms with Gasteiger partial charge in [0, 0.05) is 21.7 Å². The molecule has 0 spiro atoms. The number of hydrogen-bond acceptors (Lipinski definition) is 2. The van der Waals surface area contributed by atoms with E-state index in [0.717, 1.165) is 43.9 Å². The first-order valence-corrected chi connectivity index (χ1v) is 8.76. The van der Waals surface area contributed by atoms with Crippen molar-refractivity contribution in [2.75, 3.05) is 0 Å². The van der Waals surface area contributed by atoms with Crippen LogP contribution in [0, 0.1) is 0 Å². The molecule has 5 aromatic rings. The fourth-order valence-corrected chi connectivity index (χ4v) is 3.44. The molecular formula is C22H14ClN3. The molecule has 0 saturated carbocycles. The number of nitrogens with zero attached hydrogens (tertiary/aromatic N) is 3. The topological polar surface area (TPSA) is 30.7 Å². The summed E-state index contributed by atoms with van der Waals surface area (Å²) in [5.41, 5.74) is 5.88. The van der Waals surface area contributed by atoms with Gasteiger partial charge in [0.1, 0.15) is 11.8 Å². The molecule has 0 N–H and O–H groups in total. The molecule has 124 valence electrons.